The van der Waals surface area contributed by atoms with Crippen molar-refractivity contribution >= 4 is 36.0 Å². The number of ether oxygens (including phenoxy) is 1. The van der Waals surface area contributed by atoms with Gasteiger partial charge in [-0.1, -0.05) is 33.6 Å². The number of aliphatic imine (C=N–C) groups is 1. The molecule has 0 rings (SSSR count). The number of halogens is 1. The highest BCUT2D eigenvalue weighted by atomic mass is 127. The first-order chi connectivity index (χ1) is 10.1. The Morgan fingerprint density at radius 3 is 2.39 bits per heavy atom. The van der Waals surface area contributed by atoms with Gasteiger partial charge in [-0.25, -0.2) is 4.79 Å². The monoisotopic (exact) mass is 442 g/mol. The fourth-order valence-electron chi connectivity index (χ4n) is 1.73. The smallest absolute Gasteiger partial charge is 0.407 e. The number of alkyl carbamates (subject to hydrolysis) is 1. The van der Waals surface area contributed by atoms with Gasteiger partial charge in [0, 0.05) is 19.1 Å². The molecule has 0 heterocycles. The largest absolute Gasteiger partial charge is 0.444 e. The van der Waals surface area contributed by atoms with Crippen molar-refractivity contribution in [2.24, 2.45) is 16.6 Å². The quantitative estimate of drug-likeness (QED) is 0.306. The van der Waals surface area contributed by atoms with Gasteiger partial charge in [0.15, 0.2) is 5.96 Å². The number of unbranched alkanes of at least 4 members (excludes halogenated alkanes) is 1. The van der Waals surface area contributed by atoms with Crippen molar-refractivity contribution in [2.45, 2.75) is 72.4 Å². The lowest BCUT2D eigenvalue weighted by Gasteiger charge is -2.23. The fourth-order valence-corrected chi connectivity index (χ4v) is 1.73. The summed E-state index contributed by atoms with van der Waals surface area (Å²) >= 11 is 0. The molecule has 0 aromatic heterocycles. The summed E-state index contributed by atoms with van der Waals surface area (Å²) in [5.74, 6) is 0.898. The number of rotatable bonds is 8. The number of carbonyl (C=O) groups excluding carboxylic acids is 1. The highest BCUT2D eigenvalue weighted by molar-refractivity contribution is 14.0. The lowest BCUT2D eigenvalue weighted by molar-refractivity contribution is 0.0523. The number of nitrogens with zero attached hydrogens (tertiary/aromatic N) is 1. The average Bonchev–Trinajstić information content (AvgIpc) is 2.37. The van der Waals surface area contributed by atoms with Crippen LogP contribution in [0.5, 0.6) is 0 Å². The number of hydrogen-bond donors (Lipinski definition) is 3. The van der Waals surface area contributed by atoms with E-state index in [2.05, 4.69) is 36.4 Å². The first-order valence-electron chi connectivity index (χ1n) is 8.17. The molecule has 0 spiro atoms. The Hall–Kier alpha value is -0.730. The molecule has 0 radical (unpaired) electrons. The standard InChI is InChI=1S/C16H34N4O2.HI/c1-7-8-9-13(20-14(17)18-10-12(2)3)11-19-15(21)22-16(4,5)6;/h12-13H,7-11H2,1-6H3,(H,19,21)(H3,17,18,20);1H. The van der Waals surface area contributed by atoms with Gasteiger partial charge in [0.25, 0.3) is 0 Å². The molecule has 138 valence electrons. The SMILES string of the molecule is CCCCC(CNC(=O)OC(C)(C)C)NC(N)=NCC(C)C.I. The van der Waals surface area contributed by atoms with Crippen molar-refractivity contribution in [1.82, 2.24) is 10.6 Å². The van der Waals surface area contributed by atoms with Crippen LogP contribution in [0, 0.1) is 5.92 Å². The molecule has 0 aliphatic heterocycles. The minimum atomic E-state index is -0.492. The molecule has 0 aliphatic carbocycles. The highest BCUT2D eigenvalue weighted by Crippen LogP contribution is 2.07. The Balaban J connectivity index is 0. The van der Waals surface area contributed by atoms with E-state index >= 15 is 0 Å². The molecule has 1 amide bonds. The number of nitrogens with two attached hydrogens (primary N) is 1. The third-order valence-electron chi connectivity index (χ3n) is 2.78. The molecule has 4 N–H and O–H groups in total. The zero-order valence-corrected chi connectivity index (χ0v) is 17.8. The number of amides is 1. The number of nitrogens with one attached hydrogen (secondary N) is 2. The summed E-state index contributed by atoms with van der Waals surface area (Å²) in [5, 5.41) is 5.97. The van der Waals surface area contributed by atoms with Gasteiger partial charge in [0.05, 0.1) is 0 Å². The van der Waals surface area contributed by atoms with E-state index in [1.165, 1.54) is 0 Å². The van der Waals surface area contributed by atoms with Gasteiger partial charge in [-0.15, -0.1) is 24.0 Å². The van der Waals surface area contributed by atoms with Crippen LogP contribution in [0.3, 0.4) is 0 Å². The molecule has 0 saturated heterocycles. The first-order valence-corrected chi connectivity index (χ1v) is 8.17. The van der Waals surface area contributed by atoms with E-state index in [0.717, 1.165) is 19.3 Å². The van der Waals surface area contributed by atoms with Crippen LogP contribution in [-0.4, -0.2) is 36.8 Å². The van der Waals surface area contributed by atoms with Crippen LogP contribution in [0.25, 0.3) is 0 Å². The lowest BCUT2D eigenvalue weighted by Crippen LogP contribution is -2.47. The van der Waals surface area contributed by atoms with E-state index in [1.807, 2.05) is 20.8 Å². The van der Waals surface area contributed by atoms with Crippen molar-refractivity contribution in [2.75, 3.05) is 13.1 Å². The average molecular weight is 442 g/mol. The predicted molar refractivity (Wildman–Crippen MR) is 107 cm³/mol. The summed E-state index contributed by atoms with van der Waals surface area (Å²) < 4.78 is 5.24. The van der Waals surface area contributed by atoms with Crippen LogP contribution >= 0.6 is 24.0 Å². The maximum atomic E-state index is 11.7. The summed E-state index contributed by atoms with van der Waals surface area (Å²) in [5.41, 5.74) is 5.41. The second-order valence-corrected chi connectivity index (χ2v) is 6.99. The van der Waals surface area contributed by atoms with Gasteiger partial charge in [-0.05, 0) is 33.1 Å². The highest BCUT2D eigenvalue weighted by Gasteiger charge is 2.17. The maximum Gasteiger partial charge on any atom is 0.407 e. The van der Waals surface area contributed by atoms with E-state index < -0.39 is 11.7 Å². The van der Waals surface area contributed by atoms with E-state index in [4.69, 9.17) is 10.5 Å². The van der Waals surface area contributed by atoms with Crippen molar-refractivity contribution in [3.63, 3.8) is 0 Å². The van der Waals surface area contributed by atoms with Gasteiger partial charge in [0.2, 0.25) is 0 Å². The molecular formula is C16H35IN4O2. The Kier molecular flexibility index (Phi) is 13.5. The topological polar surface area (TPSA) is 88.7 Å². The molecular weight excluding hydrogens is 407 g/mol. The zero-order valence-electron chi connectivity index (χ0n) is 15.4. The predicted octanol–water partition coefficient (Wildman–Crippen LogP) is 3.25. The second-order valence-electron chi connectivity index (χ2n) is 6.99. The Morgan fingerprint density at radius 2 is 1.91 bits per heavy atom. The molecule has 1 atom stereocenters. The summed E-state index contributed by atoms with van der Waals surface area (Å²) in [4.78, 5) is 16.0. The molecule has 0 fully saturated rings. The Morgan fingerprint density at radius 1 is 1.30 bits per heavy atom. The summed E-state index contributed by atoms with van der Waals surface area (Å²) in [6.45, 7) is 13.0. The van der Waals surface area contributed by atoms with Crippen LogP contribution in [0.1, 0.15) is 60.8 Å². The molecule has 0 aromatic carbocycles. The van der Waals surface area contributed by atoms with Crippen LogP contribution in [0.4, 0.5) is 4.79 Å². The van der Waals surface area contributed by atoms with E-state index in [9.17, 15) is 4.79 Å². The molecule has 7 heteroatoms. The first kappa shape index (κ1) is 24.5. The molecule has 23 heavy (non-hydrogen) atoms. The molecule has 1 unspecified atom stereocenters. The second kappa shape index (κ2) is 12.7. The van der Waals surface area contributed by atoms with Crippen molar-refractivity contribution in [1.29, 1.82) is 0 Å². The van der Waals surface area contributed by atoms with Gasteiger partial charge in [-0.2, -0.15) is 0 Å². The minimum absolute atomic E-state index is 0. The van der Waals surface area contributed by atoms with Gasteiger partial charge in [-0.3, -0.25) is 4.99 Å². The fraction of sp³-hybridized carbons (Fsp3) is 0.875. The van der Waals surface area contributed by atoms with Gasteiger partial charge >= 0.3 is 6.09 Å². The zero-order chi connectivity index (χ0) is 17.2. The molecule has 0 saturated carbocycles. The van der Waals surface area contributed by atoms with E-state index in [1.54, 1.807) is 0 Å². The lowest BCUT2D eigenvalue weighted by atomic mass is 10.1. The third-order valence-corrected chi connectivity index (χ3v) is 2.78. The van der Waals surface area contributed by atoms with Crippen LogP contribution in [0.15, 0.2) is 4.99 Å². The number of guanidine groups is 1. The summed E-state index contributed by atoms with van der Waals surface area (Å²) in [7, 11) is 0. The Bertz CT molecular complexity index is 354. The molecule has 0 aliphatic rings. The summed E-state index contributed by atoms with van der Waals surface area (Å²) in [6.07, 6.45) is 2.66. The van der Waals surface area contributed by atoms with Crippen LogP contribution in [0.2, 0.25) is 0 Å². The van der Waals surface area contributed by atoms with Gasteiger partial charge in [0.1, 0.15) is 5.60 Å². The molecule has 6 nitrogen and oxygen atoms in total. The van der Waals surface area contributed by atoms with Crippen molar-refractivity contribution in [3.8, 4) is 0 Å². The summed E-state index contributed by atoms with van der Waals surface area (Å²) in [6, 6.07) is 0.0587. The number of carbonyl (C=O) groups is 1. The van der Waals surface area contributed by atoms with Crippen molar-refractivity contribution < 1.29 is 9.53 Å². The normalized spacial score (nSPS) is 13.3. The van der Waals surface area contributed by atoms with Crippen molar-refractivity contribution in [3.05, 3.63) is 0 Å². The van der Waals surface area contributed by atoms with Crippen LogP contribution < -0.4 is 16.4 Å². The Labute approximate surface area is 158 Å². The van der Waals surface area contributed by atoms with Crippen LogP contribution in [-0.2, 0) is 4.74 Å². The molecule has 0 aromatic rings. The maximum absolute atomic E-state index is 11.7. The molecule has 0 bridgehead atoms. The minimum Gasteiger partial charge on any atom is -0.444 e. The van der Waals surface area contributed by atoms with E-state index in [0.29, 0.717) is 25.0 Å². The third kappa shape index (κ3) is 15.9. The number of hydrogen-bond acceptors (Lipinski definition) is 3. The van der Waals surface area contributed by atoms with Gasteiger partial charge < -0.3 is 21.1 Å². The van der Waals surface area contributed by atoms with E-state index in [-0.39, 0.29) is 30.0 Å².